The van der Waals surface area contributed by atoms with Gasteiger partial charge in [0.1, 0.15) is 0 Å². The van der Waals surface area contributed by atoms with Gasteiger partial charge in [-0.2, -0.15) is 0 Å². The van der Waals surface area contributed by atoms with E-state index in [2.05, 4.69) is 271 Å². The molecule has 0 aliphatic carbocycles. The van der Waals surface area contributed by atoms with Crippen molar-refractivity contribution in [3.05, 3.63) is 186 Å². The van der Waals surface area contributed by atoms with E-state index in [1.165, 1.54) is 130 Å². The van der Waals surface area contributed by atoms with Crippen LogP contribution < -0.4 is 25.5 Å². The summed E-state index contributed by atoms with van der Waals surface area (Å²) in [5, 5.41) is 3.95. The van der Waals surface area contributed by atoms with Crippen LogP contribution in [0.2, 0.25) is 0 Å². The SMILES string of the molecule is CC(C)(C)c1ccc(N2c3cccc4c3B(c3ccc(-c5cc(C(C)(C)C)cc(C(C)(C)C)c5)cc3N4c3ccc(C(C)(C)C)cc3-c3ccc4sc5ccccc5c4c3)c3sc4ccc(C(C)(C)C)cc4c32)cc1. The van der Waals surface area contributed by atoms with E-state index in [-0.39, 0.29) is 33.8 Å². The molecule has 376 valence electrons. The number of nitrogens with zero attached hydrogens (tertiary/aromatic N) is 2. The lowest BCUT2D eigenvalue weighted by Crippen LogP contribution is -2.60. The van der Waals surface area contributed by atoms with Crippen LogP contribution in [0.5, 0.6) is 0 Å². The number of hydrogen-bond donors (Lipinski definition) is 0. The molecule has 4 heterocycles. The summed E-state index contributed by atoms with van der Waals surface area (Å²) in [5.74, 6) is 0. The highest BCUT2D eigenvalue weighted by Crippen LogP contribution is 2.51. The molecule has 12 rings (SSSR count). The Morgan fingerprint density at radius 1 is 0.347 bits per heavy atom. The first-order valence-corrected chi connectivity index (χ1v) is 28.7. The minimum Gasteiger partial charge on any atom is -0.311 e. The third-order valence-electron chi connectivity index (χ3n) is 16.2. The summed E-state index contributed by atoms with van der Waals surface area (Å²) < 4.78 is 5.36. The van der Waals surface area contributed by atoms with Gasteiger partial charge >= 0.3 is 0 Å². The molecule has 0 saturated carbocycles. The maximum absolute atomic E-state index is 2.65. The molecule has 0 unspecified atom stereocenters. The number of thiophene rings is 2. The van der Waals surface area contributed by atoms with Gasteiger partial charge in [-0.25, -0.2) is 0 Å². The van der Waals surface area contributed by atoms with Crippen molar-refractivity contribution in [1.82, 2.24) is 0 Å². The Bertz CT molecular complexity index is 3890. The standard InChI is InChI=1S/C70H71BN2S2/c1-66(2,3)45-25-29-50(30-26-45)72-57-20-18-21-58-63(57)71(65-64(72)54-41-47(68(7,8)9)28-34-62(54)75-65)55-31-23-42(44-35-48(69(10,11)12)39-49(36-44)70(13,14)15)38-59(55)73(58)56-32-27-46(67(4,5)6)40-52(56)43-24-33-61-53(37-43)51-19-16-17-22-60(51)74-61/h16-41H,1-15H3. The highest BCUT2D eigenvalue weighted by Gasteiger charge is 2.46. The van der Waals surface area contributed by atoms with E-state index in [0.717, 1.165) is 0 Å². The summed E-state index contributed by atoms with van der Waals surface area (Å²) in [6.07, 6.45) is 0. The largest absolute Gasteiger partial charge is 0.311 e. The average Bonchev–Trinajstić information content (AvgIpc) is 3.99. The first-order chi connectivity index (χ1) is 35.3. The molecule has 8 aromatic carbocycles. The fourth-order valence-corrected chi connectivity index (χ4v) is 14.1. The van der Waals surface area contributed by atoms with Gasteiger partial charge in [-0.1, -0.05) is 189 Å². The molecule has 0 amide bonds. The molecule has 0 atom stereocenters. The number of benzene rings is 8. The summed E-state index contributed by atoms with van der Waals surface area (Å²) in [5.41, 5.74) is 21.7. The minimum absolute atomic E-state index is 0.00366. The lowest BCUT2D eigenvalue weighted by Gasteiger charge is -2.43. The van der Waals surface area contributed by atoms with Crippen LogP contribution in [0, 0.1) is 0 Å². The fourth-order valence-electron chi connectivity index (χ4n) is 11.7. The van der Waals surface area contributed by atoms with Gasteiger partial charge in [0.15, 0.2) is 0 Å². The summed E-state index contributed by atoms with van der Waals surface area (Å²) in [6.45, 7) is 35.1. The first-order valence-electron chi connectivity index (χ1n) is 27.1. The van der Waals surface area contributed by atoms with Crippen LogP contribution in [0.15, 0.2) is 158 Å². The van der Waals surface area contributed by atoms with Gasteiger partial charge < -0.3 is 9.80 Å². The quantitative estimate of drug-likeness (QED) is 0.162. The normalized spacial score (nSPS) is 14.0. The topological polar surface area (TPSA) is 6.48 Å². The second kappa shape index (κ2) is 17.1. The third kappa shape index (κ3) is 8.36. The van der Waals surface area contributed by atoms with Crippen molar-refractivity contribution in [2.45, 2.75) is 131 Å². The van der Waals surface area contributed by atoms with Crippen molar-refractivity contribution in [2.75, 3.05) is 9.80 Å². The van der Waals surface area contributed by atoms with Crippen molar-refractivity contribution in [3.8, 4) is 22.3 Å². The molecule has 0 fully saturated rings. The van der Waals surface area contributed by atoms with E-state index in [9.17, 15) is 0 Å². The Labute approximate surface area is 455 Å². The predicted octanol–water partition coefficient (Wildman–Crippen LogP) is 19.2. The zero-order valence-electron chi connectivity index (χ0n) is 46.8. The zero-order valence-corrected chi connectivity index (χ0v) is 48.4. The molecular formula is C70H71BN2S2. The molecule has 0 bridgehead atoms. The first kappa shape index (κ1) is 49.5. The maximum atomic E-state index is 2.65. The zero-order chi connectivity index (χ0) is 52.9. The molecule has 75 heavy (non-hydrogen) atoms. The van der Waals surface area contributed by atoms with E-state index in [1.807, 2.05) is 22.7 Å². The Kier molecular flexibility index (Phi) is 11.3. The third-order valence-corrected chi connectivity index (χ3v) is 18.6. The Morgan fingerprint density at radius 2 is 0.907 bits per heavy atom. The van der Waals surface area contributed by atoms with Crippen LogP contribution in [-0.4, -0.2) is 6.71 Å². The summed E-state index contributed by atoms with van der Waals surface area (Å²) >= 11 is 3.87. The van der Waals surface area contributed by atoms with E-state index in [1.54, 1.807) is 0 Å². The molecule has 5 heteroatoms. The molecule has 2 nitrogen and oxygen atoms in total. The number of fused-ring (bicyclic) bond motifs is 9. The van der Waals surface area contributed by atoms with Gasteiger partial charge in [-0.3, -0.25) is 0 Å². The summed E-state index contributed by atoms with van der Waals surface area (Å²) in [7, 11) is 0. The summed E-state index contributed by atoms with van der Waals surface area (Å²) in [4.78, 5) is 5.27. The fraction of sp³-hybridized carbons (Fsp3) is 0.286. The molecule has 0 N–H and O–H groups in total. The number of hydrogen-bond acceptors (Lipinski definition) is 4. The predicted molar refractivity (Wildman–Crippen MR) is 333 cm³/mol. The van der Waals surface area contributed by atoms with Gasteiger partial charge in [0, 0.05) is 63.3 Å². The molecule has 0 radical (unpaired) electrons. The van der Waals surface area contributed by atoms with Gasteiger partial charge in [0.2, 0.25) is 0 Å². The van der Waals surface area contributed by atoms with Crippen molar-refractivity contribution in [3.63, 3.8) is 0 Å². The lowest BCUT2D eigenvalue weighted by molar-refractivity contribution is 0.569. The van der Waals surface area contributed by atoms with Crippen molar-refractivity contribution in [2.24, 2.45) is 0 Å². The molecule has 0 saturated heterocycles. The van der Waals surface area contributed by atoms with Crippen LogP contribution in [0.4, 0.5) is 34.1 Å². The highest BCUT2D eigenvalue weighted by molar-refractivity contribution is 7.33. The minimum atomic E-state index is -0.0628. The molecule has 2 aliphatic rings. The van der Waals surface area contributed by atoms with Crippen LogP contribution in [0.1, 0.15) is 132 Å². The van der Waals surface area contributed by atoms with E-state index in [0.29, 0.717) is 0 Å². The Balaban J connectivity index is 1.18. The Morgan fingerprint density at radius 3 is 1.57 bits per heavy atom. The van der Waals surface area contributed by atoms with Gasteiger partial charge in [0.05, 0.1) is 11.4 Å². The molecular weight excluding hydrogens is 944 g/mol. The highest BCUT2D eigenvalue weighted by atomic mass is 32.1. The second-order valence-corrected chi connectivity index (χ2v) is 28.9. The number of anilines is 6. The van der Waals surface area contributed by atoms with Gasteiger partial charge in [-0.15, -0.1) is 22.7 Å². The van der Waals surface area contributed by atoms with E-state index >= 15 is 0 Å². The van der Waals surface area contributed by atoms with Crippen molar-refractivity contribution < 1.29 is 0 Å². The molecule has 2 aromatic heterocycles. The second-order valence-electron chi connectivity index (χ2n) is 26.8. The van der Waals surface area contributed by atoms with Crippen LogP contribution in [-0.2, 0) is 27.1 Å². The summed E-state index contributed by atoms with van der Waals surface area (Å²) in [6, 6.07) is 62.1. The molecule has 0 spiro atoms. The van der Waals surface area contributed by atoms with Crippen molar-refractivity contribution in [1.29, 1.82) is 0 Å². The van der Waals surface area contributed by atoms with Gasteiger partial charge in [0.25, 0.3) is 6.71 Å². The average molecular weight is 1020 g/mol. The van der Waals surface area contributed by atoms with Crippen LogP contribution in [0.3, 0.4) is 0 Å². The smallest absolute Gasteiger partial charge is 0.264 e. The Hall–Kier alpha value is -6.40. The number of rotatable bonds is 4. The van der Waals surface area contributed by atoms with Gasteiger partial charge in [-0.05, 0) is 155 Å². The molecule has 10 aromatic rings. The van der Waals surface area contributed by atoms with E-state index < -0.39 is 0 Å². The lowest BCUT2D eigenvalue weighted by atomic mass is 9.36. The van der Waals surface area contributed by atoms with Crippen molar-refractivity contribution >= 4 is 109 Å². The van der Waals surface area contributed by atoms with E-state index in [4.69, 9.17) is 0 Å². The molecule has 2 aliphatic heterocycles. The van der Waals surface area contributed by atoms with Crippen LogP contribution in [0.25, 0.3) is 52.5 Å². The monoisotopic (exact) mass is 1010 g/mol. The van der Waals surface area contributed by atoms with Crippen LogP contribution >= 0.6 is 22.7 Å². The maximum Gasteiger partial charge on any atom is 0.264 e.